The van der Waals surface area contributed by atoms with Gasteiger partial charge in [-0.25, -0.2) is 12.4 Å². The lowest BCUT2D eigenvalue weighted by Crippen LogP contribution is -2.12. The normalized spacial score (nSPS) is 13.4. The summed E-state index contributed by atoms with van der Waals surface area (Å²) < 4.78 is 40.9. The summed E-state index contributed by atoms with van der Waals surface area (Å²) in [6.07, 6.45) is 1.49. The molecular weight excluding hydrogens is 434 g/mol. The maximum absolute atomic E-state index is 13.2. The van der Waals surface area contributed by atoms with Gasteiger partial charge in [0.05, 0.1) is 26.1 Å². The van der Waals surface area contributed by atoms with Gasteiger partial charge in [0, 0.05) is 21.8 Å². The van der Waals surface area contributed by atoms with Crippen LogP contribution in [0, 0.1) is 0 Å². The van der Waals surface area contributed by atoms with Crippen LogP contribution in [0.1, 0.15) is 32.3 Å². The van der Waals surface area contributed by atoms with Gasteiger partial charge in [-0.2, -0.15) is 0 Å². The molecule has 26 heavy (non-hydrogen) atoms. The summed E-state index contributed by atoms with van der Waals surface area (Å²) in [6, 6.07) is 12.3. The zero-order chi connectivity index (χ0) is 19.1. The van der Waals surface area contributed by atoms with Gasteiger partial charge in [0.25, 0.3) is 10.0 Å². The van der Waals surface area contributed by atoms with Crippen molar-refractivity contribution < 1.29 is 12.6 Å². The molecule has 0 saturated heterocycles. The van der Waals surface area contributed by atoms with Crippen LogP contribution in [0.2, 0.25) is 0 Å². The van der Waals surface area contributed by atoms with Crippen LogP contribution < -0.4 is 0 Å². The molecule has 2 aromatic carbocycles. The second-order valence-electron chi connectivity index (χ2n) is 6.31. The fourth-order valence-corrected chi connectivity index (χ4v) is 5.56. The van der Waals surface area contributed by atoms with E-state index < -0.39 is 20.8 Å². The van der Waals surface area contributed by atoms with Gasteiger partial charge >= 0.3 is 0 Å². The number of nitrogens with zero attached hydrogens (tertiary/aromatic N) is 1. The minimum absolute atomic E-state index is 0.218. The fourth-order valence-electron chi connectivity index (χ4n) is 2.82. The predicted octanol–water partition coefficient (Wildman–Crippen LogP) is 4.89. The Morgan fingerprint density at radius 2 is 1.77 bits per heavy atom. The average Bonchev–Trinajstić information content (AvgIpc) is 3.00. The molecule has 1 heterocycles. The Hall–Kier alpha value is -1.44. The molecule has 0 N–H and O–H groups in total. The smallest absolute Gasteiger partial charge is 0.254 e. The highest BCUT2D eigenvalue weighted by Gasteiger charge is 2.23. The second kappa shape index (κ2) is 7.29. The Bertz CT molecular complexity index is 1080. The second-order valence-corrected chi connectivity index (χ2v) is 10.8. The molecule has 4 nitrogen and oxygen atoms in total. The molecule has 3 aromatic rings. The number of fused-ring (bicyclic) bond motifs is 1. The van der Waals surface area contributed by atoms with E-state index in [2.05, 4.69) is 29.8 Å². The van der Waals surface area contributed by atoms with E-state index in [9.17, 15) is 12.6 Å². The number of halogens is 1. The van der Waals surface area contributed by atoms with Gasteiger partial charge in [0.15, 0.2) is 0 Å². The van der Waals surface area contributed by atoms with Crippen LogP contribution in [-0.2, 0) is 20.8 Å². The highest BCUT2D eigenvalue weighted by atomic mass is 79.9. The number of aromatic nitrogens is 1. The topological polar surface area (TPSA) is 56.1 Å². The first-order chi connectivity index (χ1) is 12.3. The lowest BCUT2D eigenvalue weighted by molar-refractivity contribution is 0.589. The first-order valence-corrected chi connectivity index (χ1v) is 11.9. The Balaban J connectivity index is 2.22. The molecule has 0 bridgehead atoms. The van der Waals surface area contributed by atoms with Gasteiger partial charge in [-0.1, -0.05) is 48.8 Å². The zero-order valence-corrected chi connectivity index (χ0v) is 18.0. The monoisotopic (exact) mass is 453 g/mol. The van der Waals surface area contributed by atoms with Crippen LogP contribution in [0.4, 0.5) is 0 Å². The van der Waals surface area contributed by atoms with Crippen LogP contribution in [-0.4, -0.2) is 22.4 Å². The molecule has 0 saturated carbocycles. The van der Waals surface area contributed by atoms with E-state index >= 15 is 0 Å². The molecule has 7 heteroatoms. The highest BCUT2D eigenvalue weighted by Crippen LogP contribution is 2.31. The first kappa shape index (κ1) is 19.3. The molecular formula is C19H20BrNO3S2. The summed E-state index contributed by atoms with van der Waals surface area (Å²) in [4.78, 5) is 0.752. The van der Waals surface area contributed by atoms with Crippen molar-refractivity contribution in [1.29, 1.82) is 0 Å². The molecule has 3 rings (SSSR count). The van der Waals surface area contributed by atoms with Crippen molar-refractivity contribution in [3.8, 4) is 0 Å². The molecule has 0 spiro atoms. The van der Waals surface area contributed by atoms with Gasteiger partial charge in [0.2, 0.25) is 0 Å². The number of hydrogen-bond donors (Lipinski definition) is 0. The van der Waals surface area contributed by atoms with E-state index in [1.54, 1.807) is 24.3 Å². The molecule has 0 aliphatic carbocycles. The largest absolute Gasteiger partial charge is 0.268 e. The maximum Gasteiger partial charge on any atom is 0.268 e. The SMILES string of the molecule is CCS(=O)c1cn(S(=O)(=O)c2ccc(C(C)C)cc2)c2ccc(Br)cc12. The van der Waals surface area contributed by atoms with Crippen molar-refractivity contribution in [1.82, 2.24) is 3.97 Å². The Kier molecular flexibility index (Phi) is 5.42. The summed E-state index contributed by atoms with van der Waals surface area (Å²) in [7, 11) is -5.03. The molecule has 0 aliphatic heterocycles. The molecule has 0 amide bonds. The lowest BCUT2D eigenvalue weighted by atomic mass is 10.0. The van der Waals surface area contributed by atoms with E-state index in [0.29, 0.717) is 27.5 Å². The molecule has 1 aromatic heterocycles. The molecule has 138 valence electrons. The third-order valence-electron chi connectivity index (χ3n) is 4.31. The van der Waals surface area contributed by atoms with Crippen LogP contribution in [0.3, 0.4) is 0 Å². The van der Waals surface area contributed by atoms with Gasteiger partial charge in [0.1, 0.15) is 0 Å². The molecule has 0 aliphatic rings. The maximum atomic E-state index is 13.2. The van der Waals surface area contributed by atoms with E-state index in [1.165, 1.54) is 10.2 Å². The molecule has 1 unspecified atom stereocenters. The third kappa shape index (κ3) is 3.40. The minimum Gasteiger partial charge on any atom is -0.254 e. The number of hydrogen-bond acceptors (Lipinski definition) is 3. The highest BCUT2D eigenvalue weighted by molar-refractivity contribution is 9.10. The van der Waals surface area contributed by atoms with E-state index in [0.717, 1.165) is 10.0 Å². The molecule has 1 atom stereocenters. The van der Waals surface area contributed by atoms with E-state index in [-0.39, 0.29) is 4.90 Å². The molecule has 0 radical (unpaired) electrons. The average molecular weight is 454 g/mol. The zero-order valence-electron chi connectivity index (χ0n) is 14.8. The first-order valence-electron chi connectivity index (χ1n) is 8.30. The lowest BCUT2D eigenvalue weighted by Gasteiger charge is -2.10. The fraction of sp³-hybridized carbons (Fsp3) is 0.263. The van der Waals surface area contributed by atoms with Crippen LogP contribution in [0.15, 0.2) is 62.9 Å². The quantitative estimate of drug-likeness (QED) is 0.552. The van der Waals surface area contributed by atoms with Crippen molar-refractivity contribution in [2.75, 3.05) is 5.75 Å². The Morgan fingerprint density at radius 1 is 1.12 bits per heavy atom. The summed E-state index contributed by atoms with van der Waals surface area (Å²) in [5.41, 5.74) is 1.61. The standard InChI is InChI=1S/C19H20BrNO3S2/c1-4-25(22)19-12-21(18-10-7-15(20)11-17(18)19)26(23,24)16-8-5-14(6-9-16)13(2)3/h5-13H,4H2,1-3H3. The van der Waals surface area contributed by atoms with Crippen molar-refractivity contribution in [3.05, 3.63) is 58.7 Å². The van der Waals surface area contributed by atoms with Crippen molar-refractivity contribution in [3.63, 3.8) is 0 Å². The van der Waals surface area contributed by atoms with Gasteiger partial charge < -0.3 is 0 Å². The predicted molar refractivity (Wildman–Crippen MR) is 110 cm³/mol. The van der Waals surface area contributed by atoms with Crippen molar-refractivity contribution in [2.24, 2.45) is 0 Å². The summed E-state index contributed by atoms with van der Waals surface area (Å²) in [5.74, 6) is 0.754. The summed E-state index contributed by atoms with van der Waals surface area (Å²) in [5, 5.41) is 0.682. The minimum atomic E-state index is -3.77. The van der Waals surface area contributed by atoms with Crippen molar-refractivity contribution in [2.45, 2.75) is 36.5 Å². The number of rotatable bonds is 5. The van der Waals surface area contributed by atoms with E-state index in [4.69, 9.17) is 0 Å². The van der Waals surface area contributed by atoms with Crippen LogP contribution in [0.25, 0.3) is 10.9 Å². The van der Waals surface area contributed by atoms with Gasteiger partial charge in [-0.05, 0) is 41.8 Å². The summed E-state index contributed by atoms with van der Waals surface area (Å²) >= 11 is 3.41. The summed E-state index contributed by atoms with van der Waals surface area (Å²) in [6.45, 7) is 5.94. The van der Waals surface area contributed by atoms with Crippen molar-refractivity contribution >= 4 is 47.7 Å². The van der Waals surface area contributed by atoms with Crippen LogP contribution in [0.5, 0.6) is 0 Å². The number of benzene rings is 2. The Morgan fingerprint density at radius 3 is 2.35 bits per heavy atom. The van der Waals surface area contributed by atoms with Crippen LogP contribution >= 0.6 is 15.9 Å². The third-order valence-corrected chi connectivity index (χ3v) is 7.83. The Labute approximate surface area is 164 Å². The van der Waals surface area contributed by atoms with Gasteiger partial charge in [-0.15, -0.1) is 0 Å². The molecule has 0 fully saturated rings. The van der Waals surface area contributed by atoms with E-state index in [1.807, 2.05) is 25.1 Å². The van der Waals surface area contributed by atoms with Gasteiger partial charge in [-0.3, -0.25) is 4.21 Å².